The molecular weight excluding hydrogens is 218 g/mol. The molecule has 1 rings (SSSR count). The zero-order chi connectivity index (χ0) is 12.7. The number of hydrogen-bond acceptors (Lipinski definition) is 5. The van der Waals surface area contributed by atoms with Crippen molar-refractivity contribution in [3.63, 3.8) is 0 Å². The molecule has 0 aliphatic carbocycles. The number of aromatic nitrogens is 2. The number of terminal acetylenes is 1. The van der Waals surface area contributed by atoms with Gasteiger partial charge in [0.1, 0.15) is 24.5 Å². The highest BCUT2D eigenvalue weighted by molar-refractivity contribution is 5.64. The van der Waals surface area contributed by atoms with Crippen LogP contribution in [0.15, 0.2) is 12.1 Å². The van der Waals surface area contributed by atoms with Crippen molar-refractivity contribution in [3.8, 4) is 12.3 Å². The summed E-state index contributed by atoms with van der Waals surface area (Å²) in [5.41, 5.74) is 1.22. The molecule has 0 unspecified atom stereocenters. The molecule has 5 heteroatoms. The minimum atomic E-state index is 0.361. The number of hydrogen-bond donors (Lipinski definition) is 1. The summed E-state index contributed by atoms with van der Waals surface area (Å²) >= 11 is 0. The summed E-state index contributed by atoms with van der Waals surface area (Å²) in [6, 6.07) is 0. The number of rotatable bonds is 5. The Morgan fingerprint density at radius 2 is 2.29 bits per heavy atom. The van der Waals surface area contributed by atoms with Crippen molar-refractivity contribution in [1.29, 1.82) is 0 Å². The first kappa shape index (κ1) is 13.0. The monoisotopic (exact) mass is 233 g/mol. The summed E-state index contributed by atoms with van der Waals surface area (Å²) in [4.78, 5) is 8.16. The third kappa shape index (κ3) is 3.20. The first-order valence-corrected chi connectivity index (χ1v) is 4.99. The molecule has 90 valence electrons. The van der Waals surface area contributed by atoms with Crippen LogP contribution in [0.3, 0.4) is 0 Å². The molecule has 0 aliphatic rings. The van der Waals surface area contributed by atoms with Crippen molar-refractivity contribution in [2.45, 2.75) is 0 Å². The second-order valence-electron chi connectivity index (χ2n) is 3.12. The minimum Gasteiger partial charge on any atom is -0.499 e. The number of anilines is 1. The Balaban J connectivity index is 3.18. The molecule has 0 saturated heterocycles. The largest absolute Gasteiger partial charge is 0.499 e. The van der Waals surface area contributed by atoms with Gasteiger partial charge < -0.3 is 14.8 Å². The lowest BCUT2D eigenvalue weighted by Gasteiger charge is -2.07. The van der Waals surface area contributed by atoms with Crippen LogP contribution in [0.2, 0.25) is 0 Å². The van der Waals surface area contributed by atoms with E-state index in [-0.39, 0.29) is 0 Å². The van der Waals surface area contributed by atoms with Crippen LogP contribution in [-0.4, -0.2) is 37.8 Å². The highest BCUT2D eigenvalue weighted by Crippen LogP contribution is 2.16. The van der Waals surface area contributed by atoms with E-state index in [1.165, 1.54) is 6.33 Å². The normalized spacial score (nSPS) is 10.8. The summed E-state index contributed by atoms with van der Waals surface area (Å²) in [5.74, 6) is 3.81. The van der Waals surface area contributed by atoms with E-state index in [1.54, 1.807) is 27.3 Å². The minimum absolute atomic E-state index is 0.361. The van der Waals surface area contributed by atoms with Crippen molar-refractivity contribution in [2.75, 3.05) is 33.2 Å². The van der Waals surface area contributed by atoms with E-state index in [9.17, 15) is 0 Å². The van der Waals surface area contributed by atoms with Crippen molar-refractivity contribution < 1.29 is 9.47 Å². The molecule has 0 radical (unpaired) electrons. The fourth-order valence-corrected chi connectivity index (χ4v) is 1.29. The SMILES string of the molecule is C#Cc1c(/C=C(\COC)OC)ncnc1NC. The lowest BCUT2D eigenvalue weighted by Crippen LogP contribution is -2.02. The van der Waals surface area contributed by atoms with E-state index in [1.807, 2.05) is 0 Å². The van der Waals surface area contributed by atoms with E-state index >= 15 is 0 Å². The highest BCUT2D eigenvalue weighted by Gasteiger charge is 2.07. The molecular formula is C12H15N3O2. The third-order valence-corrected chi connectivity index (χ3v) is 2.10. The van der Waals surface area contributed by atoms with Gasteiger partial charge in [0.2, 0.25) is 0 Å². The van der Waals surface area contributed by atoms with Gasteiger partial charge >= 0.3 is 0 Å². The van der Waals surface area contributed by atoms with Gasteiger partial charge in [0, 0.05) is 20.2 Å². The van der Waals surface area contributed by atoms with Crippen molar-refractivity contribution >= 4 is 11.9 Å². The standard InChI is InChI=1S/C12H15N3O2/c1-5-10-11(6-9(17-4)7-16-3)14-8-15-12(10)13-2/h1,6,8H,7H2,2-4H3,(H,13,14,15)/b9-6+. The number of methoxy groups -OCH3 is 2. The van der Waals surface area contributed by atoms with Crippen LogP contribution in [-0.2, 0) is 9.47 Å². The van der Waals surface area contributed by atoms with Gasteiger partial charge in [0.15, 0.2) is 0 Å². The van der Waals surface area contributed by atoms with E-state index in [2.05, 4.69) is 21.2 Å². The van der Waals surface area contributed by atoms with Crippen LogP contribution in [0, 0.1) is 12.3 Å². The summed E-state index contributed by atoms with van der Waals surface area (Å²) in [6.45, 7) is 0.361. The Kier molecular flexibility index (Phi) is 4.98. The predicted octanol–water partition coefficient (Wildman–Crippen LogP) is 1.13. The molecule has 0 amide bonds. The maximum absolute atomic E-state index is 5.45. The molecule has 0 atom stereocenters. The van der Waals surface area contributed by atoms with Gasteiger partial charge in [-0.05, 0) is 0 Å². The summed E-state index contributed by atoms with van der Waals surface area (Å²) in [7, 11) is 4.91. The maximum atomic E-state index is 5.45. The van der Waals surface area contributed by atoms with E-state index in [0.717, 1.165) is 0 Å². The summed E-state index contributed by atoms with van der Waals surface area (Å²) < 4.78 is 10.1. The van der Waals surface area contributed by atoms with Crippen LogP contribution < -0.4 is 5.32 Å². The Hall–Kier alpha value is -2.06. The van der Waals surface area contributed by atoms with Crippen molar-refractivity contribution in [1.82, 2.24) is 9.97 Å². The molecule has 1 aromatic heterocycles. The maximum Gasteiger partial charge on any atom is 0.145 e. The quantitative estimate of drug-likeness (QED) is 0.610. The number of nitrogens with one attached hydrogen (secondary N) is 1. The van der Waals surface area contributed by atoms with Crippen LogP contribution in [0.4, 0.5) is 5.82 Å². The molecule has 0 fully saturated rings. The third-order valence-electron chi connectivity index (χ3n) is 2.10. The zero-order valence-corrected chi connectivity index (χ0v) is 10.2. The molecule has 1 aromatic rings. The van der Waals surface area contributed by atoms with E-state index in [0.29, 0.717) is 29.4 Å². The Labute approximate surface area is 101 Å². The average molecular weight is 233 g/mol. The lowest BCUT2D eigenvalue weighted by molar-refractivity contribution is 0.161. The first-order chi connectivity index (χ1) is 8.26. The smallest absolute Gasteiger partial charge is 0.145 e. The van der Waals surface area contributed by atoms with E-state index < -0.39 is 0 Å². The molecule has 5 nitrogen and oxygen atoms in total. The molecule has 0 aliphatic heterocycles. The fraction of sp³-hybridized carbons (Fsp3) is 0.333. The highest BCUT2D eigenvalue weighted by atomic mass is 16.5. The lowest BCUT2D eigenvalue weighted by atomic mass is 10.2. The van der Waals surface area contributed by atoms with Gasteiger partial charge in [-0.25, -0.2) is 9.97 Å². The fourth-order valence-electron chi connectivity index (χ4n) is 1.29. The van der Waals surface area contributed by atoms with Gasteiger partial charge in [0.05, 0.1) is 18.4 Å². The van der Waals surface area contributed by atoms with E-state index in [4.69, 9.17) is 15.9 Å². The molecule has 1 N–H and O–H groups in total. The van der Waals surface area contributed by atoms with Gasteiger partial charge in [-0.3, -0.25) is 0 Å². The molecule has 0 bridgehead atoms. The van der Waals surface area contributed by atoms with Crippen molar-refractivity contribution in [3.05, 3.63) is 23.3 Å². The van der Waals surface area contributed by atoms with Crippen LogP contribution in [0.25, 0.3) is 6.08 Å². The Bertz CT molecular complexity index is 450. The molecule has 0 saturated carbocycles. The average Bonchev–Trinajstić information content (AvgIpc) is 2.37. The van der Waals surface area contributed by atoms with Gasteiger partial charge in [-0.15, -0.1) is 6.42 Å². The van der Waals surface area contributed by atoms with Crippen LogP contribution in [0.1, 0.15) is 11.3 Å². The number of nitrogens with zero attached hydrogens (tertiary/aromatic N) is 2. The molecule has 1 heterocycles. The topological polar surface area (TPSA) is 56.3 Å². The zero-order valence-electron chi connectivity index (χ0n) is 10.2. The Morgan fingerprint density at radius 3 is 2.82 bits per heavy atom. The van der Waals surface area contributed by atoms with Crippen LogP contribution in [0.5, 0.6) is 0 Å². The van der Waals surface area contributed by atoms with Crippen LogP contribution >= 0.6 is 0 Å². The first-order valence-electron chi connectivity index (χ1n) is 4.99. The molecule has 0 spiro atoms. The van der Waals surface area contributed by atoms with Gasteiger partial charge in [-0.2, -0.15) is 0 Å². The molecule has 17 heavy (non-hydrogen) atoms. The number of ether oxygens (including phenoxy) is 2. The summed E-state index contributed by atoms with van der Waals surface area (Å²) in [5, 5.41) is 2.92. The molecule has 0 aromatic carbocycles. The van der Waals surface area contributed by atoms with Gasteiger partial charge in [-0.1, -0.05) is 5.92 Å². The predicted molar refractivity (Wildman–Crippen MR) is 66.4 cm³/mol. The Morgan fingerprint density at radius 1 is 1.53 bits per heavy atom. The summed E-state index contributed by atoms with van der Waals surface area (Å²) in [6.07, 6.45) is 8.63. The van der Waals surface area contributed by atoms with Gasteiger partial charge in [0.25, 0.3) is 0 Å². The van der Waals surface area contributed by atoms with Crippen molar-refractivity contribution in [2.24, 2.45) is 0 Å². The second kappa shape index (κ2) is 6.51. The second-order valence-corrected chi connectivity index (χ2v) is 3.12.